The number of nitrogens with two attached hydrogens (primary N) is 1. The van der Waals surface area contributed by atoms with Gasteiger partial charge in [0, 0.05) is 18.2 Å². The summed E-state index contributed by atoms with van der Waals surface area (Å²) >= 11 is 0. The van der Waals surface area contributed by atoms with Crippen molar-refractivity contribution < 1.29 is 9.59 Å². The van der Waals surface area contributed by atoms with Crippen molar-refractivity contribution in [2.45, 2.75) is 44.8 Å². The number of carbonyl (C=O) groups is 2. The molecule has 1 aromatic heterocycles. The summed E-state index contributed by atoms with van der Waals surface area (Å²) in [5, 5.41) is 8.75. The number of hydrogen-bond donors (Lipinski definition) is 2. The molecule has 27 heavy (non-hydrogen) atoms. The molecule has 2 aromatic rings. The minimum absolute atomic E-state index is 0.0710. The van der Waals surface area contributed by atoms with E-state index in [-0.39, 0.29) is 12.1 Å². The van der Waals surface area contributed by atoms with Crippen molar-refractivity contribution >= 4 is 26.5 Å². The molecule has 1 aliphatic heterocycles. The fraction of sp³-hybridized carbons (Fsp3) is 0.421. The lowest BCUT2D eigenvalue weighted by Crippen LogP contribution is -2.47. The van der Waals surface area contributed by atoms with Gasteiger partial charge in [0.2, 0.25) is 0 Å². The van der Waals surface area contributed by atoms with Crippen LogP contribution in [0.25, 0.3) is 11.3 Å². The van der Waals surface area contributed by atoms with Crippen LogP contribution in [-0.4, -0.2) is 39.2 Å². The fourth-order valence-corrected chi connectivity index (χ4v) is 4.26. The first kappa shape index (κ1) is 18.0. The van der Waals surface area contributed by atoms with Gasteiger partial charge >= 0.3 is 6.03 Å². The number of benzene rings is 1. The number of aromatic nitrogens is 2. The molecule has 1 aromatic carbocycles. The number of amides is 3. The summed E-state index contributed by atoms with van der Waals surface area (Å²) in [7, 11) is 2.64. The smallest absolute Gasteiger partial charge is 0.318 e. The number of rotatable bonds is 3. The Morgan fingerprint density at radius 2 is 2.00 bits per heavy atom. The van der Waals surface area contributed by atoms with Crippen LogP contribution in [0.15, 0.2) is 24.3 Å². The van der Waals surface area contributed by atoms with Gasteiger partial charge in [0.1, 0.15) is 5.69 Å². The van der Waals surface area contributed by atoms with Gasteiger partial charge in [-0.25, -0.2) is 4.79 Å². The molecule has 3 amide bonds. The standard InChI is InChI=1S/C19H24N5O2P/c20-18(25)16-15-11-23(19(26)21-13-5-1-2-6-13)8-9-24(15)22-17(16)12-4-3-7-14(27)10-12/h3-4,7,10,13H,1-2,5-6,8-9,11,27H2,(H2,20,25)(H,21,26). The normalized spacial score (nSPS) is 17.0. The molecule has 0 radical (unpaired) electrons. The molecule has 0 spiro atoms. The Kier molecular flexibility index (Phi) is 4.87. The van der Waals surface area contributed by atoms with Gasteiger partial charge < -0.3 is 16.0 Å². The molecule has 7 nitrogen and oxygen atoms in total. The molecule has 0 bridgehead atoms. The van der Waals surface area contributed by atoms with Crippen LogP contribution in [0.3, 0.4) is 0 Å². The van der Waals surface area contributed by atoms with Gasteiger partial charge in [0.15, 0.2) is 0 Å². The lowest BCUT2D eigenvalue weighted by atomic mass is 10.0. The Bertz CT molecular complexity index is 888. The summed E-state index contributed by atoms with van der Waals surface area (Å²) in [6.45, 7) is 1.45. The Labute approximate surface area is 160 Å². The average molecular weight is 385 g/mol. The van der Waals surface area contributed by atoms with Crippen molar-refractivity contribution in [2.75, 3.05) is 6.54 Å². The monoisotopic (exact) mass is 385 g/mol. The molecular weight excluding hydrogens is 361 g/mol. The second-order valence-corrected chi connectivity index (χ2v) is 7.90. The third-order valence-electron chi connectivity index (χ3n) is 5.36. The van der Waals surface area contributed by atoms with Gasteiger partial charge in [-0.1, -0.05) is 31.0 Å². The van der Waals surface area contributed by atoms with Crippen LogP contribution < -0.4 is 16.4 Å². The third kappa shape index (κ3) is 3.56. The van der Waals surface area contributed by atoms with Crippen LogP contribution in [0.2, 0.25) is 0 Å². The Hall–Kier alpha value is -2.40. The first-order valence-corrected chi connectivity index (χ1v) is 9.91. The zero-order valence-corrected chi connectivity index (χ0v) is 16.3. The fourth-order valence-electron chi connectivity index (χ4n) is 3.97. The highest BCUT2D eigenvalue weighted by Gasteiger charge is 2.30. The van der Waals surface area contributed by atoms with Crippen molar-refractivity contribution in [3.8, 4) is 11.3 Å². The van der Waals surface area contributed by atoms with Crippen LogP contribution in [0.1, 0.15) is 41.7 Å². The van der Waals surface area contributed by atoms with Gasteiger partial charge in [-0.3, -0.25) is 9.48 Å². The van der Waals surface area contributed by atoms with Crippen molar-refractivity contribution in [1.82, 2.24) is 20.0 Å². The van der Waals surface area contributed by atoms with Gasteiger partial charge in [0.25, 0.3) is 5.91 Å². The van der Waals surface area contributed by atoms with E-state index in [1.54, 1.807) is 4.90 Å². The van der Waals surface area contributed by atoms with Crippen molar-refractivity contribution in [3.05, 3.63) is 35.5 Å². The van der Waals surface area contributed by atoms with E-state index in [0.29, 0.717) is 36.6 Å². The first-order chi connectivity index (χ1) is 13.0. The van der Waals surface area contributed by atoms with E-state index in [0.717, 1.165) is 23.7 Å². The van der Waals surface area contributed by atoms with E-state index in [1.807, 2.05) is 28.9 Å². The highest BCUT2D eigenvalue weighted by molar-refractivity contribution is 7.27. The average Bonchev–Trinajstić information content (AvgIpc) is 3.28. The SMILES string of the molecule is NC(=O)c1c(-c2cccc(P)c2)nn2c1CN(C(=O)NC1CCCC1)CC2. The molecular formula is C19H24N5O2P. The molecule has 1 saturated carbocycles. The number of hydrogen-bond acceptors (Lipinski definition) is 3. The van der Waals surface area contributed by atoms with Gasteiger partial charge in [-0.05, 0) is 24.2 Å². The van der Waals surface area contributed by atoms with Crippen LogP contribution in [-0.2, 0) is 13.1 Å². The highest BCUT2D eigenvalue weighted by Crippen LogP contribution is 2.28. The predicted molar refractivity (Wildman–Crippen MR) is 107 cm³/mol. The summed E-state index contributed by atoms with van der Waals surface area (Å²) in [6, 6.07) is 7.94. The third-order valence-corrected chi connectivity index (χ3v) is 5.72. The van der Waals surface area contributed by atoms with Crippen molar-refractivity contribution in [1.29, 1.82) is 0 Å². The molecule has 0 saturated heterocycles. The Morgan fingerprint density at radius 1 is 1.22 bits per heavy atom. The van der Waals surface area contributed by atoms with Crippen molar-refractivity contribution in [3.63, 3.8) is 0 Å². The summed E-state index contributed by atoms with van der Waals surface area (Å²) in [6.07, 6.45) is 4.42. The molecule has 1 atom stereocenters. The highest BCUT2D eigenvalue weighted by atomic mass is 31.0. The molecule has 4 rings (SSSR count). The zero-order chi connectivity index (χ0) is 19.0. The van der Waals surface area contributed by atoms with E-state index in [2.05, 4.69) is 19.7 Å². The molecule has 3 N–H and O–H groups in total. The summed E-state index contributed by atoms with van der Waals surface area (Å²) < 4.78 is 1.81. The zero-order valence-electron chi connectivity index (χ0n) is 15.1. The number of nitrogens with one attached hydrogen (secondary N) is 1. The largest absolute Gasteiger partial charge is 0.365 e. The molecule has 1 aliphatic carbocycles. The van der Waals surface area contributed by atoms with Gasteiger partial charge in [-0.15, -0.1) is 9.24 Å². The van der Waals surface area contributed by atoms with E-state index < -0.39 is 5.91 Å². The first-order valence-electron chi connectivity index (χ1n) is 9.34. The summed E-state index contributed by atoms with van der Waals surface area (Å²) in [5.41, 5.74) is 8.24. The van der Waals surface area contributed by atoms with Crippen LogP contribution in [0.4, 0.5) is 4.79 Å². The predicted octanol–water partition coefficient (Wildman–Crippen LogP) is 1.62. The number of primary amides is 1. The lowest BCUT2D eigenvalue weighted by molar-refractivity contribution is 0.0997. The minimum Gasteiger partial charge on any atom is -0.365 e. The number of carbonyl (C=O) groups excluding carboxylic acids is 2. The summed E-state index contributed by atoms with van der Waals surface area (Å²) in [5.74, 6) is -0.515. The van der Waals surface area contributed by atoms with Crippen LogP contribution >= 0.6 is 9.24 Å². The maximum Gasteiger partial charge on any atom is 0.318 e. The Balaban J connectivity index is 1.62. The van der Waals surface area contributed by atoms with E-state index in [1.165, 1.54) is 12.8 Å². The van der Waals surface area contributed by atoms with Crippen molar-refractivity contribution in [2.24, 2.45) is 5.73 Å². The van der Waals surface area contributed by atoms with E-state index in [4.69, 9.17) is 5.73 Å². The molecule has 8 heteroatoms. The molecule has 1 unspecified atom stereocenters. The molecule has 2 aliphatic rings. The lowest BCUT2D eigenvalue weighted by Gasteiger charge is -2.29. The number of urea groups is 1. The minimum atomic E-state index is -0.515. The number of nitrogens with zero attached hydrogens (tertiary/aromatic N) is 3. The second kappa shape index (κ2) is 7.31. The van der Waals surface area contributed by atoms with Crippen LogP contribution in [0, 0.1) is 0 Å². The maximum absolute atomic E-state index is 12.6. The topological polar surface area (TPSA) is 93.2 Å². The van der Waals surface area contributed by atoms with Gasteiger partial charge in [-0.2, -0.15) is 5.10 Å². The Morgan fingerprint density at radius 3 is 2.70 bits per heavy atom. The summed E-state index contributed by atoms with van der Waals surface area (Å²) in [4.78, 5) is 26.6. The second-order valence-electron chi connectivity index (χ2n) is 7.24. The number of fused-ring (bicyclic) bond motifs is 1. The van der Waals surface area contributed by atoms with Crippen LogP contribution in [0.5, 0.6) is 0 Å². The molecule has 142 valence electrons. The molecule has 1 fully saturated rings. The van der Waals surface area contributed by atoms with E-state index >= 15 is 0 Å². The van der Waals surface area contributed by atoms with Gasteiger partial charge in [0.05, 0.1) is 24.3 Å². The van der Waals surface area contributed by atoms with E-state index in [9.17, 15) is 9.59 Å². The maximum atomic E-state index is 12.6. The molecule has 2 heterocycles. The quantitative estimate of drug-likeness (QED) is 0.787.